The number of carbonyl (C=O) groups excluding carboxylic acids is 1. The Balaban J connectivity index is 1.28. The predicted octanol–water partition coefficient (Wildman–Crippen LogP) is 4.61. The zero-order chi connectivity index (χ0) is 17.8. The third kappa shape index (κ3) is 3.62. The molecule has 4 aromatic rings. The summed E-state index contributed by atoms with van der Waals surface area (Å²) < 4.78 is 0. The highest BCUT2D eigenvalue weighted by atomic mass is 16.1. The van der Waals surface area contributed by atoms with Crippen molar-refractivity contribution in [2.24, 2.45) is 0 Å². The molecule has 0 aliphatic heterocycles. The number of aromatic amines is 1. The molecule has 1 aromatic heterocycles. The third-order valence-electron chi connectivity index (χ3n) is 4.85. The normalized spacial score (nSPS) is 11.1. The van der Waals surface area contributed by atoms with Gasteiger partial charge in [-0.2, -0.15) is 0 Å². The summed E-state index contributed by atoms with van der Waals surface area (Å²) in [4.78, 5) is 15.4. The van der Waals surface area contributed by atoms with Crippen molar-refractivity contribution >= 4 is 27.6 Å². The van der Waals surface area contributed by atoms with Gasteiger partial charge in [-0.25, -0.2) is 0 Å². The SMILES string of the molecule is O=C(CCc1ccc2ccccc2c1)NCCc1c[nH]c2ccccc12. The van der Waals surface area contributed by atoms with Crippen molar-refractivity contribution in [3.05, 3.63) is 84.1 Å². The maximum Gasteiger partial charge on any atom is 0.220 e. The second kappa shape index (κ2) is 7.44. The van der Waals surface area contributed by atoms with Crippen LogP contribution in [0.4, 0.5) is 0 Å². The van der Waals surface area contributed by atoms with Crippen LogP contribution >= 0.6 is 0 Å². The number of rotatable bonds is 6. The van der Waals surface area contributed by atoms with Crippen LogP contribution in [0.5, 0.6) is 0 Å². The number of hydrogen-bond acceptors (Lipinski definition) is 1. The van der Waals surface area contributed by atoms with E-state index in [9.17, 15) is 4.79 Å². The van der Waals surface area contributed by atoms with Crippen LogP contribution in [0.2, 0.25) is 0 Å². The maximum atomic E-state index is 12.2. The summed E-state index contributed by atoms with van der Waals surface area (Å²) in [6.45, 7) is 0.665. The molecular formula is C23H22N2O. The second-order valence-electron chi connectivity index (χ2n) is 6.64. The number of carbonyl (C=O) groups is 1. The van der Waals surface area contributed by atoms with Gasteiger partial charge in [0.2, 0.25) is 5.91 Å². The van der Waals surface area contributed by atoms with Gasteiger partial charge in [-0.05, 0) is 40.8 Å². The average molecular weight is 342 g/mol. The summed E-state index contributed by atoms with van der Waals surface area (Å²) >= 11 is 0. The van der Waals surface area contributed by atoms with Gasteiger partial charge in [0.1, 0.15) is 0 Å². The molecule has 0 aliphatic rings. The van der Waals surface area contributed by atoms with Crippen LogP contribution in [-0.4, -0.2) is 17.4 Å². The minimum atomic E-state index is 0.109. The third-order valence-corrected chi connectivity index (χ3v) is 4.85. The Hall–Kier alpha value is -3.07. The summed E-state index contributed by atoms with van der Waals surface area (Å²) in [6, 6.07) is 23.0. The summed E-state index contributed by atoms with van der Waals surface area (Å²) in [7, 11) is 0. The second-order valence-corrected chi connectivity index (χ2v) is 6.64. The molecule has 0 saturated heterocycles. The number of fused-ring (bicyclic) bond motifs is 2. The van der Waals surface area contributed by atoms with E-state index in [1.807, 2.05) is 30.5 Å². The molecule has 0 fully saturated rings. The zero-order valence-electron chi connectivity index (χ0n) is 14.7. The van der Waals surface area contributed by atoms with E-state index in [1.54, 1.807) is 0 Å². The van der Waals surface area contributed by atoms with E-state index in [0.29, 0.717) is 13.0 Å². The van der Waals surface area contributed by atoms with Gasteiger partial charge in [0.05, 0.1) is 0 Å². The molecular weight excluding hydrogens is 320 g/mol. The molecule has 3 aromatic carbocycles. The van der Waals surface area contributed by atoms with Crippen LogP contribution in [0.25, 0.3) is 21.7 Å². The lowest BCUT2D eigenvalue weighted by molar-refractivity contribution is -0.121. The number of H-pyrrole nitrogens is 1. The fourth-order valence-corrected chi connectivity index (χ4v) is 3.42. The predicted molar refractivity (Wildman–Crippen MR) is 107 cm³/mol. The lowest BCUT2D eigenvalue weighted by Gasteiger charge is -2.06. The summed E-state index contributed by atoms with van der Waals surface area (Å²) in [5.74, 6) is 0.109. The number of para-hydroxylation sites is 1. The highest BCUT2D eigenvalue weighted by Gasteiger charge is 2.05. The average Bonchev–Trinajstić information content (AvgIpc) is 3.09. The van der Waals surface area contributed by atoms with Gasteiger partial charge in [0.15, 0.2) is 0 Å². The maximum absolute atomic E-state index is 12.2. The van der Waals surface area contributed by atoms with Crippen molar-refractivity contribution < 1.29 is 4.79 Å². The van der Waals surface area contributed by atoms with Gasteiger partial charge in [-0.15, -0.1) is 0 Å². The number of amides is 1. The van der Waals surface area contributed by atoms with E-state index in [-0.39, 0.29) is 5.91 Å². The van der Waals surface area contributed by atoms with Crippen molar-refractivity contribution in [3.63, 3.8) is 0 Å². The lowest BCUT2D eigenvalue weighted by atomic mass is 10.0. The molecule has 2 N–H and O–H groups in total. The minimum Gasteiger partial charge on any atom is -0.361 e. The van der Waals surface area contributed by atoms with E-state index in [4.69, 9.17) is 0 Å². The molecule has 3 nitrogen and oxygen atoms in total. The number of aromatic nitrogens is 1. The summed E-state index contributed by atoms with van der Waals surface area (Å²) in [5, 5.41) is 6.74. The number of hydrogen-bond donors (Lipinski definition) is 2. The molecule has 0 atom stereocenters. The Morgan fingerprint density at radius 2 is 1.69 bits per heavy atom. The lowest BCUT2D eigenvalue weighted by Crippen LogP contribution is -2.25. The van der Waals surface area contributed by atoms with Crippen LogP contribution in [0, 0.1) is 0 Å². The van der Waals surface area contributed by atoms with Crippen molar-refractivity contribution in [2.45, 2.75) is 19.3 Å². The van der Waals surface area contributed by atoms with Gasteiger partial charge < -0.3 is 10.3 Å². The fraction of sp³-hybridized carbons (Fsp3) is 0.174. The van der Waals surface area contributed by atoms with Crippen molar-refractivity contribution in [2.75, 3.05) is 6.54 Å². The van der Waals surface area contributed by atoms with Crippen molar-refractivity contribution in [3.8, 4) is 0 Å². The topological polar surface area (TPSA) is 44.9 Å². The first-order chi connectivity index (χ1) is 12.8. The monoisotopic (exact) mass is 342 g/mol. The highest BCUT2D eigenvalue weighted by Crippen LogP contribution is 2.18. The molecule has 0 unspecified atom stereocenters. The molecule has 1 amide bonds. The van der Waals surface area contributed by atoms with Gasteiger partial charge >= 0.3 is 0 Å². The Labute approximate surface area is 153 Å². The molecule has 0 aliphatic carbocycles. The molecule has 0 spiro atoms. The van der Waals surface area contributed by atoms with Crippen LogP contribution < -0.4 is 5.32 Å². The largest absolute Gasteiger partial charge is 0.361 e. The van der Waals surface area contributed by atoms with Gasteiger partial charge in [-0.1, -0.05) is 60.7 Å². The van der Waals surface area contributed by atoms with Crippen molar-refractivity contribution in [1.29, 1.82) is 0 Å². The molecule has 3 heteroatoms. The summed E-state index contributed by atoms with van der Waals surface area (Å²) in [6.07, 6.45) is 4.16. The Morgan fingerprint density at radius 1 is 0.885 bits per heavy atom. The smallest absolute Gasteiger partial charge is 0.220 e. The molecule has 26 heavy (non-hydrogen) atoms. The molecule has 130 valence electrons. The van der Waals surface area contributed by atoms with Crippen LogP contribution in [-0.2, 0) is 17.6 Å². The minimum absolute atomic E-state index is 0.109. The van der Waals surface area contributed by atoms with E-state index in [1.165, 1.54) is 27.3 Å². The van der Waals surface area contributed by atoms with E-state index in [0.717, 1.165) is 18.4 Å². The number of aryl methyl sites for hydroxylation is 1. The number of benzene rings is 3. The van der Waals surface area contributed by atoms with E-state index >= 15 is 0 Å². The van der Waals surface area contributed by atoms with Crippen LogP contribution in [0.15, 0.2) is 72.9 Å². The van der Waals surface area contributed by atoms with Gasteiger partial charge in [0, 0.05) is 30.1 Å². The molecule has 1 heterocycles. The highest BCUT2D eigenvalue weighted by molar-refractivity contribution is 5.84. The molecule has 4 rings (SSSR count). The standard InChI is InChI=1S/C23H22N2O/c26-23(12-10-17-9-11-18-5-1-2-6-19(18)15-17)24-14-13-20-16-25-22-8-4-3-7-21(20)22/h1-9,11,15-16,25H,10,12-14H2,(H,24,26). The Bertz CT molecular complexity index is 1050. The first-order valence-electron chi connectivity index (χ1n) is 9.09. The Morgan fingerprint density at radius 3 is 2.62 bits per heavy atom. The van der Waals surface area contributed by atoms with Gasteiger partial charge in [-0.3, -0.25) is 4.79 Å². The van der Waals surface area contributed by atoms with Crippen LogP contribution in [0.1, 0.15) is 17.5 Å². The quantitative estimate of drug-likeness (QED) is 0.528. The number of nitrogens with one attached hydrogen (secondary N) is 2. The molecule has 0 bridgehead atoms. The molecule has 0 saturated carbocycles. The zero-order valence-corrected chi connectivity index (χ0v) is 14.7. The summed E-state index contributed by atoms with van der Waals surface area (Å²) in [5.41, 5.74) is 3.59. The van der Waals surface area contributed by atoms with E-state index < -0.39 is 0 Å². The first kappa shape index (κ1) is 16.4. The van der Waals surface area contributed by atoms with Crippen LogP contribution in [0.3, 0.4) is 0 Å². The van der Waals surface area contributed by atoms with E-state index in [2.05, 4.69) is 52.8 Å². The fourth-order valence-electron chi connectivity index (χ4n) is 3.42. The first-order valence-corrected chi connectivity index (χ1v) is 9.09. The van der Waals surface area contributed by atoms with Crippen molar-refractivity contribution in [1.82, 2.24) is 10.3 Å². The Kier molecular flexibility index (Phi) is 4.69. The molecule has 0 radical (unpaired) electrons. The van der Waals surface area contributed by atoms with Gasteiger partial charge in [0.25, 0.3) is 0 Å².